The summed E-state index contributed by atoms with van der Waals surface area (Å²) in [4.78, 5) is 10.8. The highest BCUT2D eigenvalue weighted by Gasteiger charge is 2.21. The number of aryl methyl sites for hydroxylation is 1. The Hall–Kier alpha value is -1.13. The SMILES string of the molecule is Cc1cc(Cl)c(F)cc1C(CN)C(=O)O. The van der Waals surface area contributed by atoms with Gasteiger partial charge in [0.1, 0.15) is 5.82 Å². The van der Waals surface area contributed by atoms with Gasteiger partial charge in [0.25, 0.3) is 0 Å². The fourth-order valence-corrected chi connectivity index (χ4v) is 1.62. The molecule has 0 aliphatic carbocycles. The van der Waals surface area contributed by atoms with Crippen LogP contribution in [0.15, 0.2) is 12.1 Å². The summed E-state index contributed by atoms with van der Waals surface area (Å²) in [7, 11) is 0. The lowest BCUT2D eigenvalue weighted by Gasteiger charge is -2.13. The van der Waals surface area contributed by atoms with Gasteiger partial charge in [-0.1, -0.05) is 11.6 Å². The van der Waals surface area contributed by atoms with Crippen molar-refractivity contribution in [3.63, 3.8) is 0 Å². The van der Waals surface area contributed by atoms with Gasteiger partial charge in [0, 0.05) is 6.54 Å². The summed E-state index contributed by atoms with van der Waals surface area (Å²) in [6.07, 6.45) is 0. The number of carboxylic acids is 1. The van der Waals surface area contributed by atoms with Crippen molar-refractivity contribution in [1.29, 1.82) is 0 Å². The molecule has 0 bridgehead atoms. The van der Waals surface area contributed by atoms with Crippen molar-refractivity contribution < 1.29 is 14.3 Å². The molecule has 1 aromatic carbocycles. The molecule has 3 N–H and O–H groups in total. The van der Waals surface area contributed by atoms with Crippen molar-refractivity contribution in [3.05, 3.63) is 34.1 Å². The molecule has 0 saturated heterocycles. The summed E-state index contributed by atoms with van der Waals surface area (Å²) in [5.41, 5.74) is 6.32. The molecule has 0 fully saturated rings. The predicted molar refractivity (Wildman–Crippen MR) is 55.6 cm³/mol. The number of aliphatic carboxylic acids is 1. The number of nitrogens with two attached hydrogens (primary N) is 1. The summed E-state index contributed by atoms with van der Waals surface area (Å²) >= 11 is 5.56. The van der Waals surface area contributed by atoms with E-state index in [0.29, 0.717) is 11.1 Å². The van der Waals surface area contributed by atoms with Gasteiger partial charge in [-0.25, -0.2) is 4.39 Å². The van der Waals surface area contributed by atoms with E-state index in [1.54, 1.807) is 6.92 Å². The predicted octanol–water partition coefficient (Wildman–Crippen LogP) is 1.91. The molecule has 0 saturated carbocycles. The molecule has 1 rings (SSSR count). The fourth-order valence-electron chi connectivity index (χ4n) is 1.40. The number of hydrogen-bond donors (Lipinski definition) is 2. The lowest BCUT2D eigenvalue weighted by atomic mass is 9.95. The van der Waals surface area contributed by atoms with E-state index in [0.717, 1.165) is 6.07 Å². The molecule has 1 unspecified atom stereocenters. The molecule has 0 spiro atoms. The Bertz CT molecular complexity index is 395. The maximum Gasteiger partial charge on any atom is 0.312 e. The van der Waals surface area contributed by atoms with Gasteiger partial charge in [0.15, 0.2) is 0 Å². The number of carboxylic acid groups (broad SMARTS) is 1. The minimum atomic E-state index is -1.07. The van der Waals surface area contributed by atoms with Crippen LogP contribution in [0.5, 0.6) is 0 Å². The minimum absolute atomic E-state index is 0.0163. The molecule has 3 nitrogen and oxygen atoms in total. The van der Waals surface area contributed by atoms with Gasteiger partial charge in [0.05, 0.1) is 10.9 Å². The molecule has 0 heterocycles. The average molecular weight is 232 g/mol. The van der Waals surface area contributed by atoms with Crippen molar-refractivity contribution in [2.45, 2.75) is 12.8 Å². The van der Waals surface area contributed by atoms with E-state index in [-0.39, 0.29) is 11.6 Å². The molecular weight excluding hydrogens is 221 g/mol. The van der Waals surface area contributed by atoms with E-state index >= 15 is 0 Å². The van der Waals surface area contributed by atoms with Crippen molar-refractivity contribution in [2.75, 3.05) is 6.54 Å². The quantitative estimate of drug-likeness (QED) is 0.835. The largest absolute Gasteiger partial charge is 0.481 e. The summed E-state index contributed by atoms with van der Waals surface area (Å²) in [5.74, 6) is -2.59. The number of carbonyl (C=O) groups is 1. The first-order chi connectivity index (χ1) is 6.97. The van der Waals surface area contributed by atoms with E-state index in [1.807, 2.05) is 0 Å². The maximum absolute atomic E-state index is 13.2. The third kappa shape index (κ3) is 2.46. The third-order valence-electron chi connectivity index (χ3n) is 2.22. The van der Waals surface area contributed by atoms with Gasteiger partial charge in [0.2, 0.25) is 0 Å². The van der Waals surface area contributed by atoms with Gasteiger partial charge in [-0.15, -0.1) is 0 Å². The van der Waals surface area contributed by atoms with E-state index in [1.165, 1.54) is 6.07 Å². The van der Waals surface area contributed by atoms with Crippen LogP contribution < -0.4 is 5.73 Å². The number of benzene rings is 1. The summed E-state index contributed by atoms with van der Waals surface area (Å²) in [5, 5.41) is 8.86. The van der Waals surface area contributed by atoms with Crippen molar-refractivity contribution >= 4 is 17.6 Å². The fraction of sp³-hybridized carbons (Fsp3) is 0.300. The zero-order chi connectivity index (χ0) is 11.6. The van der Waals surface area contributed by atoms with Crippen molar-refractivity contribution in [1.82, 2.24) is 0 Å². The molecule has 0 aliphatic rings. The van der Waals surface area contributed by atoms with Crippen LogP contribution in [-0.4, -0.2) is 17.6 Å². The topological polar surface area (TPSA) is 63.3 Å². The van der Waals surface area contributed by atoms with Crippen LogP contribution in [0.4, 0.5) is 4.39 Å². The lowest BCUT2D eigenvalue weighted by molar-refractivity contribution is -0.138. The number of rotatable bonds is 3. The molecular formula is C10H11ClFNO2. The van der Waals surface area contributed by atoms with Gasteiger partial charge in [-0.3, -0.25) is 4.79 Å². The second kappa shape index (κ2) is 4.59. The second-order valence-corrected chi connectivity index (χ2v) is 3.66. The van der Waals surface area contributed by atoms with Crippen LogP contribution in [0.3, 0.4) is 0 Å². The van der Waals surface area contributed by atoms with Crippen LogP contribution in [-0.2, 0) is 4.79 Å². The van der Waals surface area contributed by atoms with Crippen LogP contribution >= 0.6 is 11.6 Å². The van der Waals surface area contributed by atoms with E-state index in [2.05, 4.69) is 0 Å². The highest BCUT2D eigenvalue weighted by molar-refractivity contribution is 6.30. The molecule has 5 heteroatoms. The Morgan fingerprint density at radius 2 is 2.27 bits per heavy atom. The molecule has 1 aromatic rings. The molecule has 0 radical (unpaired) electrons. The highest BCUT2D eigenvalue weighted by Crippen LogP contribution is 2.25. The number of hydrogen-bond acceptors (Lipinski definition) is 2. The Kier molecular flexibility index (Phi) is 3.66. The first-order valence-corrected chi connectivity index (χ1v) is 4.73. The van der Waals surface area contributed by atoms with E-state index in [9.17, 15) is 9.18 Å². The molecule has 0 aromatic heterocycles. The average Bonchev–Trinajstić information content (AvgIpc) is 2.14. The van der Waals surface area contributed by atoms with E-state index < -0.39 is 17.7 Å². The summed E-state index contributed by atoms with van der Waals surface area (Å²) in [6, 6.07) is 2.53. The van der Waals surface area contributed by atoms with Crippen molar-refractivity contribution in [2.24, 2.45) is 5.73 Å². The Labute approximate surface area is 91.7 Å². The monoisotopic (exact) mass is 231 g/mol. The summed E-state index contributed by atoms with van der Waals surface area (Å²) in [6.45, 7) is 1.60. The van der Waals surface area contributed by atoms with Crippen LogP contribution in [0.1, 0.15) is 17.0 Å². The van der Waals surface area contributed by atoms with Gasteiger partial charge >= 0.3 is 5.97 Å². The summed E-state index contributed by atoms with van der Waals surface area (Å²) < 4.78 is 13.2. The second-order valence-electron chi connectivity index (χ2n) is 3.25. The highest BCUT2D eigenvalue weighted by atomic mass is 35.5. The van der Waals surface area contributed by atoms with Crippen LogP contribution in [0, 0.1) is 12.7 Å². The zero-order valence-corrected chi connectivity index (χ0v) is 8.88. The molecule has 0 aliphatic heterocycles. The smallest absolute Gasteiger partial charge is 0.312 e. The Morgan fingerprint density at radius 3 is 2.73 bits per heavy atom. The normalized spacial score (nSPS) is 12.5. The standard InChI is InChI=1S/C10H11ClFNO2/c1-5-2-8(11)9(12)3-6(5)7(4-13)10(14)15/h2-3,7H,4,13H2,1H3,(H,14,15). The Balaban J connectivity index is 3.24. The minimum Gasteiger partial charge on any atom is -0.481 e. The lowest BCUT2D eigenvalue weighted by Crippen LogP contribution is -2.22. The zero-order valence-electron chi connectivity index (χ0n) is 8.13. The van der Waals surface area contributed by atoms with E-state index in [4.69, 9.17) is 22.4 Å². The first-order valence-electron chi connectivity index (χ1n) is 4.35. The van der Waals surface area contributed by atoms with Gasteiger partial charge in [-0.2, -0.15) is 0 Å². The van der Waals surface area contributed by atoms with Gasteiger partial charge < -0.3 is 10.8 Å². The first kappa shape index (κ1) is 11.9. The maximum atomic E-state index is 13.2. The number of halogens is 2. The molecule has 82 valence electrons. The van der Waals surface area contributed by atoms with Crippen molar-refractivity contribution in [3.8, 4) is 0 Å². The Morgan fingerprint density at radius 1 is 1.67 bits per heavy atom. The van der Waals surface area contributed by atoms with Crippen LogP contribution in [0.2, 0.25) is 5.02 Å². The molecule has 15 heavy (non-hydrogen) atoms. The molecule has 1 atom stereocenters. The molecule has 0 amide bonds. The van der Waals surface area contributed by atoms with Crippen LogP contribution in [0.25, 0.3) is 0 Å². The van der Waals surface area contributed by atoms with Gasteiger partial charge in [-0.05, 0) is 30.2 Å². The third-order valence-corrected chi connectivity index (χ3v) is 2.51.